The first kappa shape index (κ1) is 18.5. The SMILES string of the molecule is Cc1ccc(C#Cc2c(C)cc(C#Cc3ccc(C)c(F)c3)cc2C)cc1. The quantitative estimate of drug-likeness (QED) is 0.445. The summed E-state index contributed by atoms with van der Waals surface area (Å²) in [4.78, 5) is 0. The lowest BCUT2D eigenvalue weighted by Gasteiger charge is -2.04. The first-order chi connectivity index (χ1) is 12.9. The van der Waals surface area contributed by atoms with Crippen LogP contribution in [0.15, 0.2) is 54.6 Å². The zero-order chi connectivity index (χ0) is 19.4. The Bertz CT molecular complexity index is 1090. The van der Waals surface area contributed by atoms with Gasteiger partial charge in [0.25, 0.3) is 0 Å². The van der Waals surface area contributed by atoms with Gasteiger partial charge in [0.05, 0.1) is 0 Å². The van der Waals surface area contributed by atoms with Crippen LogP contribution < -0.4 is 0 Å². The van der Waals surface area contributed by atoms with Crippen molar-refractivity contribution in [3.8, 4) is 23.7 Å². The molecule has 0 aliphatic heterocycles. The van der Waals surface area contributed by atoms with Crippen molar-refractivity contribution in [1.29, 1.82) is 0 Å². The predicted molar refractivity (Wildman–Crippen MR) is 110 cm³/mol. The summed E-state index contributed by atoms with van der Waals surface area (Å²) in [6.45, 7) is 7.90. The molecule has 0 N–H and O–H groups in total. The Morgan fingerprint density at radius 3 is 1.74 bits per heavy atom. The molecule has 0 aliphatic rings. The first-order valence-corrected chi connectivity index (χ1v) is 8.90. The van der Waals surface area contributed by atoms with E-state index in [0.717, 1.165) is 27.8 Å². The van der Waals surface area contributed by atoms with Gasteiger partial charge in [-0.3, -0.25) is 0 Å². The third kappa shape index (κ3) is 4.66. The molecular weight excluding hydrogens is 331 g/mol. The second-order valence-electron chi connectivity index (χ2n) is 6.82. The number of rotatable bonds is 0. The van der Waals surface area contributed by atoms with Gasteiger partial charge in [-0.15, -0.1) is 0 Å². The largest absolute Gasteiger partial charge is 0.207 e. The second kappa shape index (κ2) is 7.94. The van der Waals surface area contributed by atoms with Crippen molar-refractivity contribution in [2.45, 2.75) is 27.7 Å². The maximum absolute atomic E-state index is 13.6. The maximum atomic E-state index is 13.6. The summed E-state index contributed by atoms with van der Waals surface area (Å²) in [6, 6.07) is 17.3. The van der Waals surface area contributed by atoms with Gasteiger partial charge in [-0.25, -0.2) is 4.39 Å². The predicted octanol–water partition coefficient (Wildman–Crippen LogP) is 5.86. The highest BCUT2D eigenvalue weighted by atomic mass is 19.1. The minimum absolute atomic E-state index is 0.226. The standard InChI is InChI=1S/C26H21F/c1-18-5-8-22(9-6-18)13-14-25-20(3)15-24(16-21(25)4)12-11-23-10-7-19(2)26(27)17-23/h5-10,15-17H,1-4H3. The van der Waals surface area contributed by atoms with E-state index in [4.69, 9.17) is 0 Å². The van der Waals surface area contributed by atoms with E-state index in [2.05, 4.69) is 42.7 Å². The molecular formula is C26H21F. The summed E-state index contributed by atoms with van der Waals surface area (Å²) in [5.74, 6) is 12.5. The van der Waals surface area contributed by atoms with Crippen molar-refractivity contribution in [3.63, 3.8) is 0 Å². The van der Waals surface area contributed by atoms with E-state index in [1.807, 2.05) is 44.2 Å². The number of hydrogen-bond acceptors (Lipinski definition) is 0. The lowest BCUT2D eigenvalue weighted by atomic mass is 9.99. The van der Waals surface area contributed by atoms with Crippen molar-refractivity contribution in [1.82, 2.24) is 0 Å². The monoisotopic (exact) mass is 352 g/mol. The number of benzene rings is 3. The third-order valence-electron chi connectivity index (χ3n) is 4.44. The molecule has 3 rings (SSSR count). The van der Waals surface area contributed by atoms with Crippen molar-refractivity contribution < 1.29 is 4.39 Å². The maximum Gasteiger partial charge on any atom is 0.127 e. The molecule has 0 bridgehead atoms. The van der Waals surface area contributed by atoms with Crippen LogP contribution in [0, 0.1) is 57.2 Å². The summed E-state index contributed by atoms with van der Waals surface area (Å²) in [6.07, 6.45) is 0. The number of hydrogen-bond donors (Lipinski definition) is 0. The van der Waals surface area contributed by atoms with Crippen molar-refractivity contribution in [2.24, 2.45) is 0 Å². The smallest absolute Gasteiger partial charge is 0.127 e. The fraction of sp³-hybridized carbons (Fsp3) is 0.154. The minimum atomic E-state index is -0.226. The first-order valence-electron chi connectivity index (χ1n) is 8.90. The van der Waals surface area contributed by atoms with Crippen LogP contribution >= 0.6 is 0 Å². The van der Waals surface area contributed by atoms with E-state index in [1.54, 1.807) is 13.0 Å². The summed E-state index contributed by atoms with van der Waals surface area (Å²) < 4.78 is 13.6. The molecule has 0 unspecified atom stereocenters. The average molecular weight is 352 g/mol. The van der Waals surface area contributed by atoms with Gasteiger partial charge in [-0.2, -0.15) is 0 Å². The molecule has 0 saturated heterocycles. The van der Waals surface area contributed by atoms with Gasteiger partial charge in [0.1, 0.15) is 5.82 Å². The van der Waals surface area contributed by atoms with Crippen LogP contribution in [0.25, 0.3) is 0 Å². The van der Waals surface area contributed by atoms with E-state index >= 15 is 0 Å². The zero-order valence-corrected chi connectivity index (χ0v) is 16.1. The average Bonchev–Trinajstić information content (AvgIpc) is 2.63. The molecule has 27 heavy (non-hydrogen) atoms. The molecule has 1 heteroatoms. The molecule has 0 amide bonds. The van der Waals surface area contributed by atoms with Crippen LogP contribution in [0.1, 0.15) is 44.5 Å². The normalized spacial score (nSPS) is 9.81. The van der Waals surface area contributed by atoms with Gasteiger partial charge in [-0.1, -0.05) is 47.4 Å². The lowest BCUT2D eigenvalue weighted by Crippen LogP contribution is -1.91. The summed E-state index contributed by atoms with van der Waals surface area (Å²) in [5, 5.41) is 0. The Labute approximate surface area is 161 Å². The molecule has 0 atom stereocenters. The fourth-order valence-corrected chi connectivity index (χ4v) is 2.82. The van der Waals surface area contributed by atoms with E-state index in [1.165, 1.54) is 11.6 Å². The Morgan fingerprint density at radius 2 is 1.11 bits per heavy atom. The molecule has 0 aromatic heterocycles. The van der Waals surface area contributed by atoms with Crippen LogP contribution in [0.4, 0.5) is 4.39 Å². The molecule has 3 aromatic carbocycles. The summed E-state index contributed by atoms with van der Waals surface area (Å²) >= 11 is 0. The van der Waals surface area contributed by atoms with Gasteiger partial charge >= 0.3 is 0 Å². The third-order valence-corrected chi connectivity index (χ3v) is 4.44. The Kier molecular flexibility index (Phi) is 5.44. The molecule has 0 aliphatic carbocycles. The van der Waals surface area contributed by atoms with E-state index in [0.29, 0.717) is 11.1 Å². The van der Waals surface area contributed by atoms with E-state index < -0.39 is 0 Å². The molecule has 132 valence electrons. The molecule has 0 fully saturated rings. The van der Waals surface area contributed by atoms with Crippen LogP contribution in [0.2, 0.25) is 0 Å². The van der Waals surface area contributed by atoms with Crippen LogP contribution in [-0.2, 0) is 0 Å². The fourth-order valence-electron chi connectivity index (χ4n) is 2.82. The molecule has 0 saturated carbocycles. The number of halogens is 1. The Balaban J connectivity index is 1.88. The van der Waals surface area contributed by atoms with Crippen molar-refractivity contribution >= 4 is 0 Å². The van der Waals surface area contributed by atoms with Crippen LogP contribution in [0.3, 0.4) is 0 Å². The van der Waals surface area contributed by atoms with Crippen molar-refractivity contribution in [2.75, 3.05) is 0 Å². The Hall–Kier alpha value is -3.29. The molecule has 0 heterocycles. The van der Waals surface area contributed by atoms with Crippen LogP contribution in [0.5, 0.6) is 0 Å². The van der Waals surface area contributed by atoms with Gasteiger partial charge in [0.2, 0.25) is 0 Å². The van der Waals surface area contributed by atoms with E-state index in [9.17, 15) is 4.39 Å². The highest BCUT2D eigenvalue weighted by Gasteiger charge is 2.02. The Morgan fingerprint density at radius 1 is 0.556 bits per heavy atom. The topological polar surface area (TPSA) is 0 Å². The second-order valence-corrected chi connectivity index (χ2v) is 6.82. The molecule has 3 aromatic rings. The molecule has 0 radical (unpaired) electrons. The molecule has 0 spiro atoms. The highest BCUT2D eigenvalue weighted by molar-refractivity contribution is 5.55. The zero-order valence-electron chi connectivity index (χ0n) is 16.1. The van der Waals surface area contributed by atoms with Gasteiger partial charge in [-0.05, 0) is 80.8 Å². The van der Waals surface area contributed by atoms with Gasteiger partial charge in [0.15, 0.2) is 0 Å². The van der Waals surface area contributed by atoms with Gasteiger partial charge < -0.3 is 0 Å². The van der Waals surface area contributed by atoms with Gasteiger partial charge in [0, 0.05) is 22.3 Å². The lowest BCUT2D eigenvalue weighted by molar-refractivity contribution is 0.618. The van der Waals surface area contributed by atoms with E-state index in [-0.39, 0.29) is 5.82 Å². The summed E-state index contributed by atoms with van der Waals surface area (Å²) in [7, 11) is 0. The highest BCUT2D eigenvalue weighted by Crippen LogP contribution is 2.16. The number of aryl methyl sites for hydroxylation is 4. The minimum Gasteiger partial charge on any atom is -0.207 e. The summed E-state index contributed by atoms with van der Waals surface area (Å²) in [5.41, 5.74) is 7.66. The van der Waals surface area contributed by atoms with Crippen molar-refractivity contribution in [3.05, 3.63) is 105 Å². The molecule has 0 nitrogen and oxygen atoms in total. The van der Waals surface area contributed by atoms with Crippen LogP contribution in [-0.4, -0.2) is 0 Å².